The third kappa shape index (κ3) is 3.14. The van der Waals surface area contributed by atoms with Gasteiger partial charge in [0, 0.05) is 18.4 Å². The number of carbonyl (C=O) groups excluding carboxylic acids is 1. The molecule has 1 aliphatic rings. The fourth-order valence-electron chi connectivity index (χ4n) is 3.34. The van der Waals surface area contributed by atoms with Crippen LogP contribution in [0.5, 0.6) is 5.75 Å². The molecule has 1 aromatic heterocycles. The van der Waals surface area contributed by atoms with Crippen LogP contribution in [0.4, 0.5) is 11.4 Å². The number of furan rings is 1. The van der Waals surface area contributed by atoms with Gasteiger partial charge in [-0.3, -0.25) is 4.79 Å². The Morgan fingerprint density at radius 2 is 1.93 bits per heavy atom. The van der Waals surface area contributed by atoms with E-state index in [1.165, 1.54) is 0 Å². The Labute approximate surface area is 167 Å². The zero-order valence-corrected chi connectivity index (χ0v) is 16.0. The number of methoxy groups -OCH3 is 1. The Balaban J connectivity index is 1.89. The molecule has 5 N–H and O–H groups in total. The molecule has 29 heavy (non-hydrogen) atoms. The molecule has 2 aromatic carbocycles. The molecule has 0 saturated heterocycles. The highest BCUT2D eigenvalue weighted by atomic mass is 16.5. The number of nitrogens with two attached hydrogens (primary N) is 2. The summed E-state index contributed by atoms with van der Waals surface area (Å²) in [6, 6.07) is 14.5. The number of benzene rings is 2. The minimum Gasteiger partial charge on any atom is -0.497 e. The molecule has 8 heteroatoms. The normalized spacial score (nSPS) is 15.4. The van der Waals surface area contributed by atoms with Gasteiger partial charge in [0.15, 0.2) is 6.17 Å². The van der Waals surface area contributed by atoms with Crippen LogP contribution in [0.1, 0.15) is 22.1 Å². The van der Waals surface area contributed by atoms with Crippen molar-refractivity contribution in [2.75, 3.05) is 24.8 Å². The zero-order chi connectivity index (χ0) is 20.5. The lowest BCUT2D eigenvalue weighted by Crippen LogP contribution is -2.44. The van der Waals surface area contributed by atoms with Gasteiger partial charge in [-0.05, 0) is 48.0 Å². The average molecular weight is 391 g/mol. The Morgan fingerprint density at radius 3 is 2.62 bits per heavy atom. The minimum atomic E-state index is -0.536. The van der Waals surface area contributed by atoms with Crippen molar-refractivity contribution >= 4 is 23.1 Å². The molecule has 4 rings (SSSR count). The number of amides is 1. The summed E-state index contributed by atoms with van der Waals surface area (Å²) in [5, 5.41) is 3.31. The topological polar surface area (TPSA) is 119 Å². The van der Waals surface area contributed by atoms with Crippen molar-refractivity contribution in [3.8, 4) is 5.75 Å². The lowest BCUT2D eigenvalue weighted by molar-refractivity contribution is 0.0964. The number of rotatable bonds is 4. The maximum absolute atomic E-state index is 12.2. The number of nitrogens with zero attached hydrogens (tertiary/aromatic N) is 2. The second kappa shape index (κ2) is 7.23. The van der Waals surface area contributed by atoms with Gasteiger partial charge in [0.05, 0.1) is 24.2 Å². The van der Waals surface area contributed by atoms with Gasteiger partial charge in [0.2, 0.25) is 5.55 Å². The van der Waals surface area contributed by atoms with Crippen molar-refractivity contribution < 1.29 is 13.9 Å². The van der Waals surface area contributed by atoms with Crippen LogP contribution in [0.25, 0.3) is 5.82 Å². The fraction of sp³-hybridized carbons (Fsp3) is 0.143. The second-order valence-corrected chi connectivity index (χ2v) is 6.52. The molecule has 1 amide bonds. The van der Waals surface area contributed by atoms with E-state index in [0.717, 1.165) is 17.0 Å². The van der Waals surface area contributed by atoms with E-state index < -0.39 is 6.17 Å². The first kappa shape index (κ1) is 18.4. The summed E-state index contributed by atoms with van der Waals surface area (Å²) in [6.07, 6.45) is 1.01. The summed E-state index contributed by atoms with van der Waals surface area (Å²) in [7, 11) is 3.17. The van der Waals surface area contributed by atoms with Crippen LogP contribution in [0.15, 0.2) is 64.2 Å². The van der Waals surface area contributed by atoms with Gasteiger partial charge in [-0.1, -0.05) is 6.07 Å². The third-order valence-electron chi connectivity index (χ3n) is 4.86. The third-order valence-corrected chi connectivity index (χ3v) is 4.86. The molecule has 0 saturated carbocycles. The first-order valence-electron chi connectivity index (χ1n) is 8.99. The first-order valence-corrected chi connectivity index (χ1v) is 8.99. The van der Waals surface area contributed by atoms with E-state index in [1.54, 1.807) is 38.6 Å². The smallest absolute Gasteiger partial charge is 0.253 e. The lowest BCUT2D eigenvalue weighted by atomic mass is 10.0. The number of nitrogens with one attached hydrogen (secondary N) is 1. The van der Waals surface area contributed by atoms with Gasteiger partial charge in [0.25, 0.3) is 5.91 Å². The molecule has 8 nitrogen and oxygen atoms in total. The fourth-order valence-corrected chi connectivity index (χ4v) is 3.34. The Morgan fingerprint density at radius 1 is 1.17 bits per heavy atom. The molecule has 148 valence electrons. The molecule has 1 unspecified atom stereocenters. The van der Waals surface area contributed by atoms with Crippen molar-refractivity contribution in [1.29, 1.82) is 0 Å². The van der Waals surface area contributed by atoms with Crippen molar-refractivity contribution in [2.45, 2.75) is 6.17 Å². The molecule has 1 atom stereocenters. The number of hydrogen-bond donors (Lipinski definition) is 3. The van der Waals surface area contributed by atoms with Gasteiger partial charge < -0.3 is 30.8 Å². The first-order chi connectivity index (χ1) is 14.0. The van der Waals surface area contributed by atoms with Crippen molar-refractivity contribution in [3.05, 3.63) is 76.7 Å². The van der Waals surface area contributed by atoms with Crippen LogP contribution in [0.2, 0.25) is 0 Å². The summed E-state index contributed by atoms with van der Waals surface area (Å²) in [5.41, 5.74) is 15.3. The van der Waals surface area contributed by atoms with Crippen molar-refractivity contribution in [3.63, 3.8) is 0 Å². The van der Waals surface area contributed by atoms with Crippen LogP contribution < -0.4 is 37.2 Å². The average Bonchev–Trinajstić information content (AvgIpc) is 3.23. The Bertz CT molecular complexity index is 1180. The summed E-state index contributed by atoms with van der Waals surface area (Å²) in [4.78, 5) is 18.8. The summed E-state index contributed by atoms with van der Waals surface area (Å²) in [6.45, 7) is 0. The molecule has 0 bridgehead atoms. The quantitative estimate of drug-likeness (QED) is 0.573. The monoisotopic (exact) mass is 391 g/mol. The predicted octanol–water partition coefficient (Wildman–Crippen LogP) is 1.09. The SMILES string of the molecule is CNC(=O)c1cc(C2N=c3occc3=C(N)N2c2ccc(OC)cc2)ccc1N. The predicted molar refractivity (Wildman–Crippen MR) is 110 cm³/mol. The molecule has 2 heterocycles. The van der Waals surface area contributed by atoms with E-state index >= 15 is 0 Å². The number of hydrogen-bond acceptors (Lipinski definition) is 7. The van der Waals surface area contributed by atoms with Crippen LogP contribution >= 0.6 is 0 Å². The van der Waals surface area contributed by atoms with Gasteiger partial charge in [-0.15, -0.1) is 0 Å². The largest absolute Gasteiger partial charge is 0.497 e. The summed E-state index contributed by atoms with van der Waals surface area (Å²) >= 11 is 0. The van der Waals surface area contributed by atoms with E-state index in [9.17, 15) is 4.79 Å². The molecule has 3 aromatic rings. The van der Waals surface area contributed by atoms with Gasteiger partial charge >= 0.3 is 0 Å². The Kier molecular flexibility index (Phi) is 4.59. The molecule has 0 radical (unpaired) electrons. The number of ether oxygens (including phenoxy) is 1. The van der Waals surface area contributed by atoms with E-state index in [-0.39, 0.29) is 5.91 Å². The molecule has 1 aliphatic heterocycles. The van der Waals surface area contributed by atoms with Gasteiger partial charge in [0.1, 0.15) is 11.6 Å². The number of anilines is 2. The van der Waals surface area contributed by atoms with Gasteiger partial charge in [-0.25, -0.2) is 4.99 Å². The van der Waals surface area contributed by atoms with Crippen LogP contribution in [0.3, 0.4) is 0 Å². The Hall–Kier alpha value is -3.94. The lowest BCUT2D eigenvalue weighted by Gasteiger charge is -2.33. The summed E-state index contributed by atoms with van der Waals surface area (Å²) < 4.78 is 10.8. The highest BCUT2D eigenvalue weighted by molar-refractivity contribution is 5.99. The maximum atomic E-state index is 12.2. The standard InChI is InChI=1S/C21H21N5O3/c1-24-20(27)16-11-12(3-8-17(16)22)19-25-21-15(9-10-29-21)18(23)26(19)13-4-6-14(28-2)7-5-13/h3-11,19H,22-23H2,1-2H3,(H,24,27). The van der Waals surface area contributed by atoms with Crippen molar-refractivity contribution in [2.24, 2.45) is 10.7 Å². The number of nitrogen functional groups attached to an aromatic ring is 1. The highest BCUT2D eigenvalue weighted by Crippen LogP contribution is 2.33. The second-order valence-electron chi connectivity index (χ2n) is 6.52. The zero-order valence-electron chi connectivity index (χ0n) is 16.0. The summed E-state index contributed by atoms with van der Waals surface area (Å²) in [5.74, 6) is 0.959. The van der Waals surface area contributed by atoms with E-state index in [4.69, 9.17) is 25.6 Å². The van der Waals surface area contributed by atoms with Crippen LogP contribution in [0, 0.1) is 0 Å². The molecule has 0 spiro atoms. The van der Waals surface area contributed by atoms with E-state index in [1.807, 2.05) is 35.2 Å². The molecular weight excluding hydrogens is 370 g/mol. The number of fused-ring (bicyclic) bond motifs is 1. The van der Waals surface area contributed by atoms with Gasteiger partial charge in [-0.2, -0.15) is 0 Å². The van der Waals surface area contributed by atoms with Crippen LogP contribution in [-0.4, -0.2) is 20.1 Å². The molecular formula is C21H21N5O3. The minimum absolute atomic E-state index is 0.271. The van der Waals surface area contributed by atoms with Crippen LogP contribution in [-0.2, 0) is 0 Å². The number of carbonyl (C=O) groups is 1. The van der Waals surface area contributed by atoms with E-state index in [2.05, 4.69) is 5.32 Å². The highest BCUT2D eigenvalue weighted by Gasteiger charge is 2.28. The maximum Gasteiger partial charge on any atom is 0.253 e. The van der Waals surface area contributed by atoms with Crippen molar-refractivity contribution in [1.82, 2.24) is 5.32 Å². The molecule has 0 fully saturated rings. The van der Waals surface area contributed by atoms with E-state index in [0.29, 0.717) is 27.8 Å². The molecule has 0 aliphatic carbocycles.